The van der Waals surface area contributed by atoms with Crippen molar-refractivity contribution in [1.82, 2.24) is 5.32 Å². The summed E-state index contributed by atoms with van der Waals surface area (Å²) in [6.45, 7) is 6.76. The van der Waals surface area contributed by atoms with E-state index in [0.717, 1.165) is 16.9 Å². The standard InChI is InChI=1S/C21H25N3O2/c1-14(2)16-6-8-17(9-7-16)22-21(26)23-18-12-20(25)24(13-18)19-10-4-15(3)5-11-19/h4-11,14,18H,12-13H2,1-3H3,(H2,22,23,26)/t18-/m1/s1. The Kier molecular flexibility index (Phi) is 5.26. The summed E-state index contributed by atoms with van der Waals surface area (Å²) in [6, 6.07) is 15.2. The van der Waals surface area contributed by atoms with E-state index in [1.54, 1.807) is 4.90 Å². The molecule has 1 heterocycles. The minimum absolute atomic E-state index is 0.0282. The zero-order valence-corrected chi connectivity index (χ0v) is 15.5. The van der Waals surface area contributed by atoms with E-state index in [1.165, 1.54) is 5.56 Å². The van der Waals surface area contributed by atoms with Crippen molar-refractivity contribution in [3.63, 3.8) is 0 Å². The van der Waals surface area contributed by atoms with Crippen LogP contribution in [0.4, 0.5) is 16.2 Å². The van der Waals surface area contributed by atoms with Crippen LogP contribution in [0.1, 0.15) is 37.3 Å². The number of benzene rings is 2. The molecule has 0 spiro atoms. The van der Waals surface area contributed by atoms with E-state index >= 15 is 0 Å². The lowest BCUT2D eigenvalue weighted by molar-refractivity contribution is -0.117. The first-order valence-corrected chi connectivity index (χ1v) is 8.97. The van der Waals surface area contributed by atoms with Crippen molar-refractivity contribution in [2.45, 2.75) is 39.2 Å². The molecule has 0 aromatic heterocycles. The van der Waals surface area contributed by atoms with Gasteiger partial charge >= 0.3 is 6.03 Å². The monoisotopic (exact) mass is 351 g/mol. The fraction of sp³-hybridized carbons (Fsp3) is 0.333. The molecule has 5 heteroatoms. The van der Waals surface area contributed by atoms with Crippen LogP contribution >= 0.6 is 0 Å². The lowest BCUT2D eigenvalue weighted by atomic mass is 10.0. The third kappa shape index (κ3) is 4.23. The normalized spacial score (nSPS) is 16.8. The number of hydrogen-bond acceptors (Lipinski definition) is 2. The number of nitrogens with zero attached hydrogens (tertiary/aromatic N) is 1. The molecule has 1 aliphatic heterocycles. The highest BCUT2D eigenvalue weighted by Gasteiger charge is 2.31. The predicted molar refractivity (Wildman–Crippen MR) is 105 cm³/mol. The third-order valence-electron chi connectivity index (χ3n) is 4.64. The van der Waals surface area contributed by atoms with Crippen LogP contribution in [-0.2, 0) is 4.79 Å². The quantitative estimate of drug-likeness (QED) is 0.873. The molecule has 0 unspecified atom stereocenters. The van der Waals surface area contributed by atoms with Crippen LogP contribution in [-0.4, -0.2) is 24.5 Å². The number of nitrogens with one attached hydrogen (secondary N) is 2. The van der Waals surface area contributed by atoms with Gasteiger partial charge in [0, 0.05) is 24.3 Å². The van der Waals surface area contributed by atoms with Crippen LogP contribution in [0.25, 0.3) is 0 Å². The van der Waals surface area contributed by atoms with Gasteiger partial charge in [0.05, 0.1) is 6.04 Å². The van der Waals surface area contributed by atoms with Gasteiger partial charge in [0.2, 0.25) is 5.91 Å². The van der Waals surface area contributed by atoms with Gasteiger partial charge < -0.3 is 15.5 Å². The summed E-state index contributed by atoms with van der Waals surface area (Å²) in [4.78, 5) is 26.2. The highest BCUT2D eigenvalue weighted by molar-refractivity contribution is 5.97. The van der Waals surface area contributed by atoms with Crippen LogP contribution in [0.3, 0.4) is 0 Å². The molecule has 1 saturated heterocycles. The first kappa shape index (κ1) is 18.0. The van der Waals surface area contributed by atoms with Gasteiger partial charge in [0.25, 0.3) is 0 Å². The molecule has 1 fully saturated rings. The van der Waals surface area contributed by atoms with E-state index in [2.05, 4.69) is 24.5 Å². The minimum atomic E-state index is -0.286. The number of urea groups is 1. The molecule has 1 atom stereocenters. The summed E-state index contributed by atoms with van der Waals surface area (Å²) in [5, 5.41) is 5.73. The second kappa shape index (κ2) is 7.60. The summed E-state index contributed by atoms with van der Waals surface area (Å²) >= 11 is 0. The molecular weight excluding hydrogens is 326 g/mol. The number of carbonyl (C=O) groups excluding carboxylic acids is 2. The van der Waals surface area contributed by atoms with Crippen molar-refractivity contribution in [2.75, 3.05) is 16.8 Å². The molecule has 3 rings (SSSR count). The average molecular weight is 351 g/mol. The number of aryl methyl sites for hydroxylation is 1. The van der Waals surface area contributed by atoms with E-state index in [4.69, 9.17) is 0 Å². The number of amides is 3. The van der Waals surface area contributed by atoms with Gasteiger partial charge in [-0.25, -0.2) is 4.79 Å². The van der Waals surface area contributed by atoms with Crippen molar-refractivity contribution < 1.29 is 9.59 Å². The molecular formula is C21H25N3O2. The molecule has 0 saturated carbocycles. The van der Waals surface area contributed by atoms with Crippen molar-refractivity contribution in [1.29, 1.82) is 0 Å². The number of hydrogen-bond donors (Lipinski definition) is 2. The Hall–Kier alpha value is -2.82. The van der Waals surface area contributed by atoms with Gasteiger partial charge in [-0.05, 0) is 42.7 Å². The molecule has 0 bridgehead atoms. The Morgan fingerprint density at radius 3 is 2.35 bits per heavy atom. The molecule has 0 radical (unpaired) electrons. The smallest absolute Gasteiger partial charge is 0.319 e. The van der Waals surface area contributed by atoms with Crippen LogP contribution in [0.5, 0.6) is 0 Å². The van der Waals surface area contributed by atoms with Crippen LogP contribution in [0, 0.1) is 6.92 Å². The maximum Gasteiger partial charge on any atom is 0.319 e. The molecule has 26 heavy (non-hydrogen) atoms. The van der Waals surface area contributed by atoms with Crippen LogP contribution < -0.4 is 15.5 Å². The van der Waals surface area contributed by atoms with E-state index in [1.807, 2.05) is 55.5 Å². The van der Waals surface area contributed by atoms with Gasteiger partial charge in [-0.1, -0.05) is 43.7 Å². The van der Waals surface area contributed by atoms with Crippen LogP contribution in [0.2, 0.25) is 0 Å². The molecule has 3 amide bonds. The Labute approximate surface area is 154 Å². The van der Waals surface area contributed by atoms with Crippen molar-refractivity contribution in [3.8, 4) is 0 Å². The maximum absolute atomic E-state index is 12.3. The van der Waals surface area contributed by atoms with Gasteiger partial charge in [0.1, 0.15) is 0 Å². The van der Waals surface area contributed by atoms with Gasteiger partial charge in [-0.15, -0.1) is 0 Å². The third-order valence-corrected chi connectivity index (χ3v) is 4.64. The van der Waals surface area contributed by atoms with Crippen LogP contribution in [0.15, 0.2) is 48.5 Å². The van der Waals surface area contributed by atoms with Gasteiger partial charge in [0.15, 0.2) is 0 Å². The largest absolute Gasteiger partial charge is 0.333 e. The molecule has 2 N–H and O–H groups in total. The van der Waals surface area contributed by atoms with Crippen molar-refractivity contribution >= 4 is 23.3 Å². The zero-order valence-electron chi connectivity index (χ0n) is 15.5. The summed E-state index contributed by atoms with van der Waals surface area (Å²) in [6.07, 6.45) is 0.313. The molecule has 136 valence electrons. The van der Waals surface area contributed by atoms with E-state index in [9.17, 15) is 9.59 Å². The highest BCUT2D eigenvalue weighted by atomic mass is 16.2. The zero-order chi connectivity index (χ0) is 18.7. The van der Waals surface area contributed by atoms with E-state index in [0.29, 0.717) is 18.9 Å². The Balaban J connectivity index is 1.56. The fourth-order valence-corrected chi connectivity index (χ4v) is 3.08. The number of rotatable bonds is 4. The Bertz CT molecular complexity index is 782. The molecule has 1 aliphatic rings. The first-order chi connectivity index (χ1) is 12.4. The number of anilines is 2. The lowest BCUT2D eigenvalue weighted by Crippen LogP contribution is -2.39. The predicted octanol–water partition coefficient (Wildman–Crippen LogP) is 4.05. The molecule has 2 aromatic rings. The Morgan fingerprint density at radius 1 is 1.08 bits per heavy atom. The molecule has 0 aliphatic carbocycles. The van der Waals surface area contributed by atoms with Gasteiger partial charge in [-0.2, -0.15) is 0 Å². The summed E-state index contributed by atoms with van der Waals surface area (Å²) in [7, 11) is 0. The topological polar surface area (TPSA) is 61.4 Å². The molecule has 5 nitrogen and oxygen atoms in total. The second-order valence-corrected chi connectivity index (χ2v) is 7.12. The average Bonchev–Trinajstić information content (AvgIpc) is 2.96. The lowest BCUT2D eigenvalue weighted by Gasteiger charge is -2.17. The van der Waals surface area contributed by atoms with Crippen molar-refractivity contribution in [2.24, 2.45) is 0 Å². The minimum Gasteiger partial charge on any atom is -0.333 e. The number of carbonyl (C=O) groups is 2. The SMILES string of the molecule is Cc1ccc(N2C[C@H](NC(=O)Nc3ccc(C(C)C)cc3)CC2=O)cc1. The van der Waals surface area contributed by atoms with Gasteiger partial charge in [-0.3, -0.25) is 4.79 Å². The van der Waals surface area contributed by atoms with E-state index in [-0.39, 0.29) is 18.0 Å². The van der Waals surface area contributed by atoms with Crippen molar-refractivity contribution in [3.05, 3.63) is 59.7 Å². The summed E-state index contributed by atoms with van der Waals surface area (Å²) < 4.78 is 0. The summed E-state index contributed by atoms with van der Waals surface area (Å²) in [5.41, 5.74) is 3.99. The highest BCUT2D eigenvalue weighted by Crippen LogP contribution is 2.22. The molecule has 2 aromatic carbocycles. The van der Waals surface area contributed by atoms with E-state index < -0.39 is 0 Å². The summed E-state index contributed by atoms with van der Waals surface area (Å²) in [5.74, 6) is 0.482. The first-order valence-electron chi connectivity index (χ1n) is 8.97. The maximum atomic E-state index is 12.3. The fourth-order valence-electron chi connectivity index (χ4n) is 3.08. The second-order valence-electron chi connectivity index (χ2n) is 7.12. The Morgan fingerprint density at radius 2 is 1.73 bits per heavy atom.